The number of rotatable bonds is 11. The normalized spacial score (nSPS) is 11.9. The predicted molar refractivity (Wildman–Crippen MR) is 172 cm³/mol. The van der Waals surface area contributed by atoms with Gasteiger partial charge in [-0.25, -0.2) is 8.42 Å². The van der Waals surface area contributed by atoms with Crippen molar-refractivity contribution in [3.63, 3.8) is 0 Å². The maximum absolute atomic E-state index is 14.4. The van der Waals surface area contributed by atoms with E-state index in [1.165, 1.54) is 24.1 Å². The Kier molecular flexibility index (Phi) is 10.3. The Labute approximate surface area is 259 Å². The van der Waals surface area contributed by atoms with Gasteiger partial charge in [-0.2, -0.15) is 0 Å². The minimum Gasteiger partial charge on any atom is -0.357 e. The monoisotopic (exact) mass is 617 g/mol. The van der Waals surface area contributed by atoms with Crippen LogP contribution < -0.4 is 9.62 Å². The molecule has 1 N–H and O–H groups in total. The van der Waals surface area contributed by atoms with Crippen molar-refractivity contribution in [2.75, 3.05) is 17.9 Å². The Morgan fingerprint density at radius 1 is 0.814 bits per heavy atom. The van der Waals surface area contributed by atoms with Crippen LogP contribution in [0.1, 0.15) is 27.8 Å². The van der Waals surface area contributed by atoms with Gasteiger partial charge in [0.05, 0.1) is 10.6 Å². The smallest absolute Gasteiger partial charge is 0.264 e. The molecular weight excluding hydrogens is 582 g/mol. The number of carbonyl (C=O) groups excluding carboxylic acids is 2. The second-order valence-electron chi connectivity index (χ2n) is 10.6. The first-order chi connectivity index (χ1) is 20.5. The minimum atomic E-state index is -4.18. The van der Waals surface area contributed by atoms with Crippen molar-refractivity contribution in [3.8, 4) is 0 Å². The van der Waals surface area contributed by atoms with Gasteiger partial charge < -0.3 is 10.2 Å². The molecule has 224 valence electrons. The van der Waals surface area contributed by atoms with E-state index in [0.29, 0.717) is 16.3 Å². The number of hydrogen-bond acceptors (Lipinski definition) is 4. The van der Waals surface area contributed by atoms with Crippen LogP contribution in [0.3, 0.4) is 0 Å². The third-order valence-corrected chi connectivity index (χ3v) is 9.32. The number of carbonyl (C=O) groups is 2. The van der Waals surface area contributed by atoms with E-state index in [-0.39, 0.29) is 23.8 Å². The lowest BCUT2D eigenvalue weighted by atomic mass is 10.0. The van der Waals surface area contributed by atoms with Crippen molar-refractivity contribution < 1.29 is 18.0 Å². The van der Waals surface area contributed by atoms with Crippen molar-refractivity contribution in [3.05, 3.63) is 130 Å². The Bertz CT molecular complexity index is 1680. The molecule has 0 fully saturated rings. The number of amides is 2. The summed E-state index contributed by atoms with van der Waals surface area (Å²) in [6.07, 6.45) is 0.253. The molecule has 7 nitrogen and oxygen atoms in total. The number of hydrogen-bond donors (Lipinski definition) is 1. The zero-order chi connectivity index (χ0) is 31.1. The molecule has 0 aliphatic carbocycles. The molecule has 0 radical (unpaired) electrons. The van der Waals surface area contributed by atoms with E-state index in [4.69, 9.17) is 11.6 Å². The highest BCUT2D eigenvalue weighted by Crippen LogP contribution is 2.30. The number of nitrogens with one attached hydrogen (secondary N) is 1. The lowest BCUT2D eigenvalue weighted by Crippen LogP contribution is -2.53. The van der Waals surface area contributed by atoms with Crippen LogP contribution in [-0.4, -0.2) is 44.8 Å². The van der Waals surface area contributed by atoms with Gasteiger partial charge in [0, 0.05) is 25.0 Å². The second kappa shape index (κ2) is 13.9. The summed E-state index contributed by atoms with van der Waals surface area (Å²) >= 11 is 6.21. The largest absolute Gasteiger partial charge is 0.357 e. The Balaban J connectivity index is 1.81. The fourth-order valence-corrected chi connectivity index (χ4v) is 6.57. The first-order valence-corrected chi connectivity index (χ1v) is 15.8. The van der Waals surface area contributed by atoms with E-state index in [1.54, 1.807) is 37.3 Å². The molecule has 0 heterocycles. The summed E-state index contributed by atoms with van der Waals surface area (Å²) in [5.41, 5.74) is 4.57. The number of sulfonamides is 1. The molecular formula is C34H36ClN3O4S. The van der Waals surface area contributed by atoms with Gasteiger partial charge in [0.2, 0.25) is 11.8 Å². The van der Waals surface area contributed by atoms with Gasteiger partial charge in [0.25, 0.3) is 10.0 Å². The highest BCUT2D eigenvalue weighted by Gasteiger charge is 2.34. The van der Waals surface area contributed by atoms with Gasteiger partial charge in [-0.15, -0.1) is 0 Å². The summed E-state index contributed by atoms with van der Waals surface area (Å²) < 4.78 is 29.4. The molecule has 0 aromatic heterocycles. The summed E-state index contributed by atoms with van der Waals surface area (Å²) in [6, 6.07) is 27.6. The molecule has 1 atom stereocenters. The molecule has 0 saturated heterocycles. The lowest BCUT2D eigenvalue weighted by molar-refractivity contribution is -0.139. The Morgan fingerprint density at radius 3 is 2.00 bits per heavy atom. The first kappa shape index (κ1) is 31.8. The van der Waals surface area contributed by atoms with E-state index < -0.39 is 28.5 Å². The number of anilines is 1. The Hall–Kier alpha value is -4.14. The Morgan fingerprint density at radius 2 is 1.42 bits per heavy atom. The molecule has 43 heavy (non-hydrogen) atoms. The molecule has 0 saturated carbocycles. The predicted octanol–water partition coefficient (Wildman–Crippen LogP) is 5.85. The van der Waals surface area contributed by atoms with Crippen LogP contribution in [0.4, 0.5) is 5.69 Å². The molecule has 4 rings (SSSR count). The second-order valence-corrected chi connectivity index (χ2v) is 12.9. The summed E-state index contributed by atoms with van der Waals surface area (Å²) in [5, 5.41) is 3.15. The van der Waals surface area contributed by atoms with Crippen LogP contribution in [-0.2, 0) is 32.6 Å². The van der Waals surface area contributed by atoms with E-state index >= 15 is 0 Å². The number of likely N-dealkylation sites (N-methyl/N-ethyl adjacent to an activating group) is 1. The van der Waals surface area contributed by atoms with E-state index in [1.807, 2.05) is 68.4 Å². The molecule has 0 bridgehead atoms. The van der Waals surface area contributed by atoms with Crippen molar-refractivity contribution >= 4 is 39.1 Å². The van der Waals surface area contributed by atoms with Crippen LogP contribution in [0.5, 0.6) is 0 Å². The molecule has 0 aliphatic rings. The number of aryl methyl sites for hydroxylation is 3. The average molecular weight is 618 g/mol. The highest BCUT2D eigenvalue weighted by atomic mass is 35.5. The van der Waals surface area contributed by atoms with Crippen molar-refractivity contribution in [1.82, 2.24) is 10.2 Å². The van der Waals surface area contributed by atoms with Crippen molar-refractivity contribution in [2.45, 2.75) is 44.7 Å². The fourth-order valence-electron chi connectivity index (χ4n) is 4.86. The van der Waals surface area contributed by atoms with Crippen LogP contribution >= 0.6 is 11.6 Å². The summed E-state index contributed by atoms with van der Waals surface area (Å²) in [6.45, 7) is 5.18. The van der Waals surface area contributed by atoms with Gasteiger partial charge >= 0.3 is 0 Å². The third-order valence-electron chi connectivity index (χ3n) is 7.31. The fraction of sp³-hybridized carbons (Fsp3) is 0.235. The van der Waals surface area contributed by atoms with Crippen molar-refractivity contribution in [1.29, 1.82) is 0 Å². The van der Waals surface area contributed by atoms with Crippen LogP contribution in [0.25, 0.3) is 0 Å². The lowest BCUT2D eigenvalue weighted by Gasteiger charge is -2.34. The van der Waals surface area contributed by atoms with E-state index in [9.17, 15) is 18.0 Å². The maximum Gasteiger partial charge on any atom is 0.264 e. The van der Waals surface area contributed by atoms with Gasteiger partial charge in [0.15, 0.2) is 0 Å². The summed E-state index contributed by atoms with van der Waals surface area (Å²) in [5.74, 6) is -0.866. The van der Waals surface area contributed by atoms with Crippen LogP contribution in [0.2, 0.25) is 5.02 Å². The van der Waals surface area contributed by atoms with Gasteiger partial charge in [0.1, 0.15) is 12.6 Å². The molecule has 0 aliphatic heterocycles. The zero-order valence-corrected chi connectivity index (χ0v) is 26.3. The summed E-state index contributed by atoms with van der Waals surface area (Å²) in [4.78, 5) is 29.3. The summed E-state index contributed by atoms with van der Waals surface area (Å²) in [7, 11) is -2.65. The molecule has 4 aromatic rings. The van der Waals surface area contributed by atoms with Gasteiger partial charge in [-0.1, -0.05) is 89.5 Å². The molecule has 9 heteroatoms. The standard InChI is InChI=1S/C34H36ClN3O4S/c1-24-10-14-28(15-11-24)22-37(32(34(40)36-4)21-27-8-6-5-7-9-27)33(39)23-38(31-19-16-29(35)20-26(31)3)43(41,42)30-17-12-25(2)13-18-30/h5-20,32H,21-23H2,1-4H3,(H,36,40)/t32-/m1/s1. The maximum atomic E-state index is 14.4. The number of benzene rings is 4. The molecule has 0 spiro atoms. The zero-order valence-electron chi connectivity index (χ0n) is 24.7. The van der Waals surface area contributed by atoms with E-state index in [0.717, 1.165) is 26.6 Å². The van der Waals surface area contributed by atoms with Gasteiger partial charge in [-0.05, 0) is 67.8 Å². The highest BCUT2D eigenvalue weighted by molar-refractivity contribution is 7.92. The average Bonchev–Trinajstić information content (AvgIpc) is 2.99. The van der Waals surface area contributed by atoms with Crippen molar-refractivity contribution in [2.24, 2.45) is 0 Å². The SMILES string of the molecule is CNC(=O)[C@@H](Cc1ccccc1)N(Cc1ccc(C)cc1)C(=O)CN(c1ccc(Cl)cc1C)S(=O)(=O)c1ccc(C)cc1. The van der Waals surface area contributed by atoms with E-state index in [2.05, 4.69) is 5.32 Å². The van der Waals surface area contributed by atoms with Gasteiger partial charge in [-0.3, -0.25) is 13.9 Å². The number of halogens is 1. The molecule has 0 unspecified atom stereocenters. The minimum absolute atomic E-state index is 0.0532. The topological polar surface area (TPSA) is 86.8 Å². The number of nitrogens with zero attached hydrogens (tertiary/aromatic N) is 2. The van der Waals surface area contributed by atoms with Crippen LogP contribution in [0, 0.1) is 20.8 Å². The van der Waals surface area contributed by atoms with Crippen LogP contribution in [0.15, 0.2) is 102 Å². The quantitative estimate of drug-likeness (QED) is 0.229. The molecule has 2 amide bonds. The third kappa shape index (κ3) is 7.83. The first-order valence-electron chi connectivity index (χ1n) is 14.0. The molecule has 4 aromatic carbocycles.